The maximum Gasteiger partial charge on any atom is 0.461 e. The van der Waals surface area contributed by atoms with Crippen molar-refractivity contribution in [2.24, 2.45) is 0 Å². The molecule has 142 valence electrons. The van der Waals surface area contributed by atoms with Crippen molar-refractivity contribution >= 4 is 25.6 Å². The van der Waals surface area contributed by atoms with Gasteiger partial charge in [0.05, 0.1) is 11.2 Å². The normalized spacial score (nSPS) is 19.3. The van der Waals surface area contributed by atoms with Gasteiger partial charge in [0.15, 0.2) is 0 Å². The van der Waals surface area contributed by atoms with Crippen molar-refractivity contribution in [1.29, 1.82) is 0 Å². The Morgan fingerprint density at radius 1 is 0.852 bits per heavy atom. The van der Waals surface area contributed by atoms with Crippen LogP contribution in [0.15, 0.2) is 66.7 Å². The van der Waals surface area contributed by atoms with Gasteiger partial charge in [-0.25, -0.2) is 0 Å². The summed E-state index contributed by atoms with van der Waals surface area (Å²) in [6.45, 7) is 13.3. The number of rotatable bonds is 5. The average Bonchev–Trinajstić information content (AvgIpc) is 2.83. The van der Waals surface area contributed by atoms with Crippen LogP contribution in [0, 0.1) is 0 Å². The lowest BCUT2D eigenvalue weighted by atomic mass is 9.84. The van der Waals surface area contributed by atoms with E-state index in [-0.39, 0.29) is 18.3 Å². The zero-order valence-electron chi connectivity index (χ0n) is 17.5. The summed E-state index contributed by atoms with van der Waals surface area (Å²) < 4.78 is 12.4. The Bertz CT molecular complexity index is 782. The van der Waals surface area contributed by atoms with E-state index in [1.165, 1.54) is 15.9 Å². The third-order valence-corrected chi connectivity index (χ3v) is 9.69. The molecule has 0 saturated carbocycles. The molecule has 1 aliphatic rings. The first-order valence-electron chi connectivity index (χ1n) is 9.81. The highest BCUT2D eigenvalue weighted by Crippen LogP contribution is 2.38. The van der Waals surface area contributed by atoms with Crippen molar-refractivity contribution in [3.05, 3.63) is 72.3 Å². The highest BCUT2D eigenvalue weighted by Gasteiger charge is 2.50. The molecule has 0 bridgehead atoms. The fourth-order valence-electron chi connectivity index (χ4n) is 3.64. The van der Waals surface area contributed by atoms with Crippen LogP contribution in [0.25, 0.3) is 5.20 Å². The largest absolute Gasteiger partial charge is 0.461 e. The summed E-state index contributed by atoms with van der Waals surface area (Å²) in [4.78, 5) is 0. The van der Waals surface area contributed by atoms with Crippen LogP contribution in [-0.4, -0.2) is 26.4 Å². The quantitative estimate of drug-likeness (QED) is 0.656. The van der Waals surface area contributed by atoms with E-state index in [0.29, 0.717) is 0 Å². The van der Waals surface area contributed by atoms with Gasteiger partial charge in [0.25, 0.3) is 0 Å². The molecule has 0 amide bonds. The van der Waals surface area contributed by atoms with Crippen LogP contribution in [0.3, 0.4) is 0 Å². The minimum atomic E-state index is -1.84. The Hall–Kier alpha value is -1.62. The SMILES string of the molecule is CC1(C)OB(C/C=C(/c2ccccc2)[Si](C)(C)c2ccccc2)OC1(C)C. The van der Waals surface area contributed by atoms with Crippen LogP contribution >= 0.6 is 0 Å². The van der Waals surface area contributed by atoms with Crippen LogP contribution in [0.1, 0.15) is 33.3 Å². The second-order valence-corrected chi connectivity index (χ2v) is 13.3. The molecule has 0 unspecified atom stereocenters. The molecule has 2 nitrogen and oxygen atoms in total. The molecule has 2 aromatic rings. The summed E-state index contributed by atoms with van der Waals surface area (Å²) in [5.41, 5.74) is 0.727. The van der Waals surface area contributed by atoms with Crippen molar-refractivity contribution in [2.45, 2.75) is 58.3 Å². The third kappa shape index (κ3) is 4.13. The molecule has 2 aromatic carbocycles. The highest BCUT2D eigenvalue weighted by molar-refractivity contribution is 7.04. The van der Waals surface area contributed by atoms with Crippen molar-refractivity contribution in [3.63, 3.8) is 0 Å². The lowest BCUT2D eigenvalue weighted by Gasteiger charge is -2.32. The van der Waals surface area contributed by atoms with E-state index in [9.17, 15) is 0 Å². The predicted octanol–water partition coefficient (Wildman–Crippen LogP) is 5.32. The Balaban J connectivity index is 1.93. The average molecular weight is 378 g/mol. The van der Waals surface area contributed by atoms with Crippen LogP contribution in [-0.2, 0) is 9.31 Å². The van der Waals surface area contributed by atoms with Gasteiger partial charge in [0.1, 0.15) is 8.07 Å². The van der Waals surface area contributed by atoms with Crippen molar-refractivity contribution in [2.75, 3.05) is 0 Å². The second-order valence-electron chi connectivity index (χ2n) is 8.90. The second kappa shape index (κ2) is 7.42. The number of hydrogen-bond donors (Lipinski definition) is 0. The molecular formula is C23H31BO2Si. The monoisotopic (exact) mass is 378 g/mol. The van der Waals surface area contributed by atoms with Gasteiger partial charge in [-0.1, -0.05) is 90.2 Å². The lowest BCUT2D eigenvalue weighted by Crippen LogP contribution is -2.43. The van der Waals surface area contributed by atoms with Crippen LogP contribution in [0.4, 0.5) is 0 Å². The van der Waals surface area contributed by atoms with E-state index in [2.05, 4.69) is 108 Å². The summed E-state index contributed by atoms with van der Waals surface area (Å²) in [5, 5.41) is 2.87. The molecule has 0 aliphatic carbocycles. The van der Waals surface area contributed by atoms with E-state index in [0.717, 1.165) is 6.32 Å². The molecule has 4 heteroatoms. The Morgan fingerprint density at radius 3 is 1.85 bits per heavy atom. The first-order chi connectivity index (χ1) is 12.6. The molecule has 1 aliphatic heterocycles. The van der Waals surface area contributed by atoms with Crippen LogP contribution in [0.5, 0.6) is 0 Å². The minimum absolute atomic E-state index is 0.200. The minimum Gasteiger partial charge on any atom is -0.403 e. The summed E-state index contributed by atoms with van der Waals surface area (Å²) in [6, 6.07) is 21.6. The van der Waals surface area contributed by atoms with Gasteiger partial charge < -0.3 is 9.31 Å². The Morgan fingerprint density at radius 2 is 1.33 bits per heavy atom. The number of allylic oxidation sites excluding steroid dienone is 1. The van der Waals surface area contributed by atoms with E-state index in [1.54, 1.807) is 0 Å². The van der Waals surface area contributed by atoms with Gasteiger partial charge in [0, 0.05) is 6.32 Å². The Labute approximate surface area is 165 Å². The molecule has 0 atom stereocenters. The van der Waals surface area contributed by atoms with Crippen LogP contribution < -0.4 is 5.19 Å². The smallest absolute Gasteiger partial charge is 0.403 e. The van der Waals surface area contributed by atoms with Gasteiger partial charge in [-0.2, -0.15) is 0 Å². The molecule has 3 rings (SSSR count). The zero-order chi connectivity index (χ0) is 19.7. The molecule has 27 heavy (non-hydrogen) atoms. The van der Waals surface area contributed by atoms with Crippen LogP contribution in [0.2, 0.25) is 19.4 Å². The first-order valence-corrected chi connectivity index (χ1v) is 12.8. The third-order valence-electron chi connectivity index (χ3n) is 6.07. The zero-order valence-corrected chi connectivity index (χ0v) is 18.5. The molecule has 0 spiro atoms. The molecular weight excluding hydrogens is 347 g/mol. The maximum absolute atomic E-state index is 6.22. The van der Waals surface area contributed by atoms with E-state index < -0.39 is 8.07 Å². The predicted molar refractivity (Wildman–Crippen MR) is 119 cm³/mol. The number of benzene rings is 2. The summed E-state index contributed by atoms with van der Waals surface area (Å²) >= 11 is 0. The van der Waals surface area contributed by atoms with Gasteiger partial charge in [-0.15, -0.1) is 0 Å². The first kappa shape index (κ1) is 20.1. The Kier molecular flexibility index (Phi) is 5.53. The number of hydrogen-bond acceptors (Lipinski definition) is 2. The van der Waals surface area contributed by atoms with E-state index >= 15 is 0 Å². The van der Waals surface area contributed by atoms with Gasteiger partial charge in [0.2, 0.25) is 0 Å². The summed E-state index contributed by atoms with van der Waals surface area (Å²) in [7, 11) is -2.04. The van der Waals surface area contributed by atoms with Crippen molar-refractivity contribution in [1.82, 2.24) is 0 Å². The molecule has 0 radical (unpaired) electrons. The van der Waals surface area contributed by atoms with Gasteiger partial charge >= 0.3 is 7.12 Å². The summed E-state index contributed by atoms with van der Waals surface area (Å²) in [5.74, 6) is 0. The van der Waals surface area contributed by atoms with E-state index in [1.807, 2.05) is 0 Å². The maximum atomic E-state index is 6.22. The molecule has 0 N–H and O–H groups in total. The standard InChI is InChI=1S/C23H31BO2Si/c1-22(2)23(3,4)26-24(25-22)18-17-21(19-13-9-7-10-14-19)27(5,6)20-15-11-8-12-16-20/h7-17H,18H2,1-6H3/b21-17-. The molecule has 1 saturated heterocycles. The van der Waals surface area contributed by atoms with Crippen molar-refractivity contribution in [3.8, 4) is 0 Å². The van der Waals surface area contributed by atoms with Gasteiger partial charge in [-0.05, 0) is 33.3 Å². The van der Waals surface area contributed by atoms with Gasteiger partial charge in [-0.3, -0.25) is 0 Å². The van der Waals surface area contributed by atoms with E-state index in [4.69, 9.17) is 9.31 Å². The molecule has 0 aromatic heterocycles. The molecule has 1 fully saturated rings. The highest BCUT2D eigenvalue weighted by atomic mass is 28.3. The van der Waals surface area contributed by atoms with Crippen molar-refractivity contribution < 1.29 is 9.31 Å². The molecule has 1 heterocycles. The topological polar surface area (TPSA) is 18.5 Å². The lowest BCUT2D eigenvalue weighted by molar-refractivity contribution is 0.00578. The fraction of sp³-hybridized carbons (Fsp3) is 0.391. The summed E-state index contributed by atoms with van der Waals surface area (Å²) in [6.07, 6.45) is 3.12. The fourth-order valence-corrected chi connectivity index (χ4v) is 6.49.